The number of aliphatic hydroxyl groups excluding tert-OH is 1. The molecule has 0 heterocycles. The van der Waals surface area contributed by atoms with Crippen molar-refractivity contribution >= 4 is 8.80 Å². The molecule has 0 aliphatic rings. The number of hydrogen-bond donors (Lipinski definition) is 1. The Hall–Kier alpha value is -0.783. The summed E-state index contributed by atoms with van der Waals surface area (Å²) in [7, 11) is -8.28. The van der Waals surface area contributed by atoms with Gasteiger partial charge in [0.1, 0.15) is 0 Å². The highest BCUT2D eigenvalue weighted by molar-refractivity contribution is 6.63. The lowest BCUT2D eigenvalue weighted by atomic mass is 10.9. The summed E-state index contributed by atoms with van der Waals surface area (Å²) in [5.41, 5.74) is 0. The van der Waals surface area contributed by atoms with E-state index in [0.717, 1.165) is 0 Å². The Morgan fingerprint density at radius 1 is 0.652 bits per heavy atom. The lowest BCUT2D eigenvalue weighted by molar-refractivity contribution is -0.384. The third kappa shape index (κ3) is 11.4. The summed E-state index contributed by atoms with van der Waals surface area (Å²) in [6.07, 6.45) is -19.6. The summed E-state index contributed by atoms with van der Waals surface area (Å²) in [5.74, 6) is -6.85. The van der Waals surface area contributed by atoms with Gasteiger partial charge in [-0.05, 0) is 6.92 Å². The number of hydrogen-bond acceptors (Lipinski definition) is 4. The summed E-state index contributed by atoms with van der Waals surface area (Å²) in [6, 6.07) is 0. The van der Waals surface area contributed by atoms with Crippen molar-refractivity contribution in [3.05, 3.63) is 0 Å². The first-order chi connectivity index (χ1) is 9.79. The second kappa shape index (κ2) is 7.86. The van der Waals surface area contributed by atoms with Gasteiger partial charge in [-0.25, -0.2) is 0 Å². The van der Waals surface area contributed by atoms with Gasteiger partial charge in [0.05, 0.1) is 0 Å². The first-order valence-electron chi connectivity index (χ1n) is 4.77. The minimum atomic E-state index is -8.28. The van der Waals surface area contributed by atoms with E-state index in [4.69, 9.17) is 5.11 Å². The van der Waals surface area contributed by atoms with E-state index < -0.39 is 33.7 Å². The van der Waals surface area contributed by atoms with Gasteiger partial charge >= 0.3 is 33.7 Å². The summed E-state index contributed by atoms with van der Waals surface area (Å²) in [4.78, 5) is 0. The first-order valence-corrected chi connectivity index (χ1v) is 6.49. The van der Waals surface area contributed by atoms with Gasteiger partial charge in [0.15, 0.2) is 0 Å². The normalized spacial score (nSPS) is 14.3. The molecule has 17 heteroatoms. The van der Waals surface area contributed by atoms with E-state index in [0.29, 0.717) is 0 Å². The van der Waals surface area contributed by atoms with Gasteiger partial charge in [0, 0.05) is 6.61 Å². The molecule has 0 aliphatic heterocycles. The summed E-state index contributed by atoms with van der Waals surface area (Å²) >= 11 is 0. The zero-order valence-corrected chi connectivity index (χ0v) is 11.4. The SMILES string of the molecule is CCO.FC(F)(F)O[Si](OC(F)(F)F)(OC(F)(F)F)C(F)(F)F. The maximum absolute atomic E-state index is 12.2. The Morgan fingerprint density at radius 2 is 0.826 bits per heavy atom. The molecule has 0 rings (SSSR count). The van der Waals surface area contributed by atoms with Gasteiger partial charge in [0.25, 0.3) is 0 Å². The van der Waals surface area contributed by atoms with E-state index in [1.807, 2.05) is 13.3 Å². The molecule has 0 aromatic carbocycles. The molecular formula is C6H6F12O4Si. The smallest absolute Gasteiger partial charge is 0.397 e. The summed E-state index contributed by atoms with van der Waals surface area (Å²) in [6.45, 7) is 1.93. The van der Waals surface area contributed by atoms with Crippen LogP contribution >= 0.6 is 0 Å². The average molecular weight is 398 g/mol. The van der Waals surface area contributed by atoms with E-state index in [1.165, 1.54) is 0 Å². The molecule has 142 valence electrons. The number of halogens is 12. The van der Waals surface area contributed by atoms with E-state index in [2.05, 4.69) is 0 Å². The lowest BCUT2D eigenvalue weighted by Crippen LogP contribution is -2.65. The molecule has 23 heavy (non-hydrogen) atoms. The summed E-state index contributed by atoms with van der Waals surface area (Å²) < 4.78 is 147. The highest BCUT2D eigenvalue weighted by atomic mass is 28.4. The third-order valence-electron chi connectivity index (χ3n) is 1.10. The molecule has 0 spiro atoms. The van der Waals surface area contributed by atoms with Crippen LogP contribution in [0.25, 0.3) is 0 Å². The molecule has 4 nitrogen and oxygen atoms in total. The fourth-order valence-corrected chi connectivity index (χ4v) is 2.08. The van der Waals surface area contributed by atoms with E-state index in [9.17, 15) is 52.7 Å². The number of aliphatic hydroxyl groups is 1. The zero-order valence-electron chi connectivity index (χ0n) is 10.4. The highest BCUT2D eigenvalue weighted by Crippen LogP contribution is 2.43. The Bertz CT molecular complexity index is 303. The van der Waals surface area contributed by atoms with E-state index in [-0.39, 0.29) is 6.61 Å². The molecule has 0 saturated heterocycles. The van der Waals surface area contributed by atoms with Crippen molar-refractivity contribution in [1.29, 1.82) is 0 Å². The molecule has 0 saturated carbocycles. The Morgan fingerprint density at radius 3 is 0.913 bits per heavy atom. The van der Waals surface area contributed by atoms with Crippen LogP contribution < -0.4 is 0 Å². The monoisotopic (exact) mass is 398 g/mol. The third-order valence-corrected chi connectivity index (χ3v) is 3.29. The molecule has 0 amide bonds. The van der Waals surface area contributed by atoms with Crippen molar-refractivity contribution in [3.63, 3.8) is 0 Å². The first kappa shape index (κ1) is 24.5. The molecule has 0 fully saturated rings. The molecule has 0 bridgehead atoms. The second-order valence-electron chi connectivity index (χ2n) is 3.01. The lowest BCUT2D eigenvalue weighted by Gasteiger charge is -2.31. The van der Waals surface area contributed by atoms with Crippen LogP contribution in [0.1, 0.15) is 6.92 Å². The molecule has 0 aromatic rings. The van der Waals surface area contributed by atoms with Gasteiger partial charge in [0.2, 0.25) is 0 Å². The van der Waals surface area contributed by atoms with Crippen LogP contribution in [0.5, 0.6) is 0 Å². The predicted octanol–water partition coefficient (Wildman–Crippen LogP) is 3.63. The van der Waals surface area contributed by atoms with Crippen molar-refractivity contribution < 1.29 is 71.1 Å². The molecule has 0 unspecified atom stereocenters. The number of rotatable bonds is 3. The number of alkyl halides is 12. The molecule has 0 aromatic heterocycles. The Kier molecular flexibility index (Phi) is 8.36. The van der Waals surface area contributed by atoms with Gasteiger partial charge < -0.3 is 5.11 Å². The van der Waals surface area contributed by atoms with Crippen molar-refractivity contribution in [3.8, 4) is 0 Å². The average Bonchev–Trinajstić information content (AvgIpc) is 2.06. The fraction of sp³-hybridized carbons (Fsp3) is 1.00. The second-order valence-corrected chi connectivity index (χ2v) is 5.31. The molecule has 0 aliphatic carbocycles. The van der Waals surface area contributed by atoms with E-state index >= 15 is 0 Å². The molecule has 0 radical (unpaired) electrons. The zero-order chi connectivity index (χ0) is 19.3. The van der Waals surface area contributed by atoms with Gasteiger partial charge in [-0.2, -0.15) is 13.2 Å². The standard InChI is InChI=1S/C4F12O3Si.C2H6O/c5-1(6,7)17-20(4(14,15)16,18-2(8,9)10)19-3(11,12)13;1-2-3/h;3H,2H2,1H3. The predicted molar refractivity (Wildman–Crippen MR) is 46.0 cm³/mol. The van der Waals surface area contributed by atoms with Gasteiger partial charge in [-0.1, -0.05) is 0 Å². The maximum atomic E-state index is 12.2. The van der Waals surface area contributed by atoms with Crippen LogP contribution in [-0.4, -0.2) is 45.4 Å². The Balaban J connectivity index is 0. The van der Waals surface area contributed by atoms with Gasteiger partial charge in [-0.3, -0.25) is 13.3 Å². The van der Waals surface area contributed by atoms with Crippen LogP contribution in [0, 0.1) is 0 Å². The molecular weight excluding hydrogens is 392 g/mol. The minimum Gasteiger partial charge on any atom is -0.397 e. The highest BCUT2D eigenvalue weighted by Gasteiger charge is 2.77. The van der Waals surface area contributed by atoms with Gasteiger partial charge in [-0.15, -0.1) is 39.5 Å². The van der Waals surface area contributed by atoms with Crippen molar-refractivity contribution in [2.45, 2.75) is 31.8 Å². The van der Waals surface area contributed by atoms with Crippen LogP contribution in [-0.2, 0) is 13.3 Å². The molecule has 1 N–H and O–H groups in total. The van der Waals surface area contributed by atoms with E-state index in [1.54, 1.807) is 6.92 Å². The van der Waals surface area contributed by atoms with Crippen LogP contribution in [0.2, 0.25) is 0 Å². The maximum Gasteiger partial charge on any atom is 0.635 e. The molecule has 0 atom stereocenters. The minimum absolute atomic E-state index is 0.250. The van der Waals surface area contributed by atoms with Crippen LogP contribution in [0.15, 0.2) is 0 Å². The van der Waals surface area contributed by atoms with Crippen molar-refractivity contribution in [2.75, 3.05) is 6.61 Å². The quantitative estimate of drug-likeness (QED) is 0.583. The van der Waals surface area contributed by atoms with Crippen molar-refractivity contribution in [2.24, 2.45) is 0 Å². The van der Waals surface area contributed by atoms with Crippen molar-refractivity contribution in [1.82, 2.24) is 0 Å². The summed E-state index contributed by atoms with van der Waals surface area (Å²) in [5, 5.41) is 7.57. The topological polar surface area (TPSA) is 47.9 Å². The Labute approximate surface area is 119 Å². The van der Waals surface area contributed by atoms with Crippen LogP contribution in [0.4, 0.5) is 52.7 Å². The largest absolute Gasteiger partial charge is 0.635 e. The van der Waals surface area contributed by atoms with Crippen LogP contribution in [0.3, 0.4) is 0 Å². The fourth-order valence-electron chi connectivity index (χ4n) is 0.693.